The van der Waals surface area contributed by atoms with Crippen LogP contribution in [0, 0.1) is 5.92 Å². The van der Waals surface area contributed by atoms with E-state index in [9.17, 15) is 0 Å². The highest BCUT2D eigenvalue weighted by Crippen LogP contribution is 2.38. The summed E-state index contributed by atoms with van der Waals surface area (Å²) in [5, 5.41) is 3.67. The highest BCUT2D eigenvalue weighted by Gasteiger charge is 2.42. The van der Waals surface area contributed by atoms with E-state index < -0.39 is 0 Å². The molecule has 154 valence electrons. The molecule has 4 unspecified atom stereocenters. The first-order chi connectivity index (χ1) is 14.3. The molecule has 0 radical (unpaired) electrons. The van der Waals surface area contributed by atoms with Crippen molar-refractivity contribution in [3.8, 4) is 0 Å². The number of nitrogens with one attached hydrogen (secondary N) is 3. The summed E-state index contributed by atoms with van der Waals surface area (Å²) in [6.45, 7) is 2.98. The van der Waals surface area contributed by atoms with Crippen molar-refractivity contribution in [2.45, 2.75) is 49.9 Å². The summed E-state index contributed by atoms with van der Waals surface area (Å²) in [5.41, 5.74) is 15.6. The molecule has 2 aromatic heterocycles. The number of pyridine rings is 2. The molecule has 3 saturated heterocycles. The first-order valence-corrected chi connectivity index (χ1v) is 10.9. The highest BCUT2D eigenvalue weighted by molar-refractivity contribution is 5.40. The van der Waals surface area contributed by atoms with Crippen LogP contribution in [0.5, 0.6) is 0 Å². The van der Waals surface area contributed by atoms with Gasteiger partial charge in [-0.1, -0.05) is 12.1 Å². The average Bonchev–Trinajstić information content (AvgIpc) is 3.07. The van der Waals surface area contributed by atoms with Gasteiger partial charge in [0.15, 0.2) is 0 Å². The summed E-state index contributed by atoms with van der Waals surface area (Å²) in [7, 11) is 0. The van der Waals surface area contributed by atoms with E-state index in [1.807, 2.05) is 18.5 Å². The molecule has 7 nitrogen and oxygen atoms in total. The lowest BCUT2D eigenvalue weighted by Gasteiger charge is -2.34. The van der Waals surface area contributed by atoms with Crippen molar-refractivity contribution in [1.29, 1.82) is 0 Å². The predicted molar refractivity (Wildman–Crippen MR) is 114 cm³/mol. The second-order valence-electron chi connectivity index (χ2n) is 8.62. The van der Waals surface area contributed by atoms with Crippen molar-refractivity contribution >= 4 is 5.82 Å². The summed E-state index contributed by atoms with van der Waals surface area (Å²) < 4.78 is 0. The number of aromatic nitrogens is 2. The number of rotatable bonds is 3. The molecule has 29 heavy (non-hydrogen) atoms. The zero-order valence-electron chi connectivity index (χ0n) is 16.8. The van der Waals surface area contributed by atoms with Crippen molar-refractivity contribution in [1.82, 2.24) is 26.1 Å². The van der Waals surface area contributed by atoms with E-state index in [0.29, 0.717) is 24.0 Å². The van der Waals surface area contributed by atoms with E-state index in [2.05, 4.69) is 50.3 Å². The Labute approximate surface area is 172 Å². The maximum atomic E-state index is 6.16. The minimum absolute atomic E-state index is 0.218. The van der Waals surface area contributed by atoms with E-state index in [4.69, 9.17) is 10.7 Å². The molecule has 5 heterocycles. The number of fused-ring (bicyclic) bond motifs is 1. The third-order valence-electron chi connectivity index (χ3n) is 6.72. The Bertz CT molecular complexity index is 814. The second-order valence-corrected chi connectivity index (χ2v) is 8.62. The van der Waals surface area contributed by atoms with Crippen LogP contribution < -0.4 is 26.8 Å². The second kappa shape index (κ2) is 8.36. The van der Waals surface area contributed by atoms with Gasteiger partial charge in [0, 0.05) is 56.1 Å². The molecular formula is C22H31N7. The van der Waals surface area contributed by atoms with Gasteiger partial charge >= 0.3 is 0 Å². The third kappa shape index (κ3) is 4.00. The molecule has 0 saturated carbocycles. The Kier molecular flexibility index (Phi) is 5.46. The molecule has 7 heteroatoms. The minimum Gasteiger partial charge on any atom is -0.357 e. The highest BCUT2D eigenvalue weighted by atomic mass is 15.4. The fraction of sp³-hybridized carbons (Fsp3) is 0.545. The SMILES string of the molecule is N[C@@H]1CCCN(c2cccc(C3NNC4CNC(c5cccnc5)CC43)n2)CC1. The average molecular weight is 394 g/mol. The molecule has 0 aromatic carbocycles. The van der Waals surface area contributed by atoms with E-state index in [0.717, 1.165) is 56.8 Å². The Balaban J connectivity index is 1.34. The summed E-state index contributed by atoms with van der Waals surface area (Å²) in [4.78, 5) is 11.8. The summed E-state index contributed by atoms with van der Waals surface area (Å²) in [5.74, 6) is 1.57. The lowest BCUT2D eigenvalue weighted by molar-refractivity contribution is 0.265. The standard InChI is InChI=1S/C22H31N7/c23-16-5-3-10-29(11-8-16)21-7-1-6-18(26-21)22-17-12-19(15-4-2-9-24-13-15)25-14-20(17)27-28-22/h1-2,4,6-7,9,13,16-17,19-20,22,25,27-28H,3,5,8,10-12,14,23H2/t16-,17?,19?,20?,22?/m1/s1. The van der Waals surface area contributed by atoms with Crippen LogP contribution in [-0.4, -0.2) is 41.7 Å². The Morgan fingerprint density at radius 3 is 2.93 bits per heavy atom. The van der Waals surface area contributed by atoms with E-state index in [1.165, 1.54) is 5.56 Å². The largest absolute Gasteiger partial charge is 0.357 e. The van der Waals surface area contributed by atoms with Gasteiger partial charge in [0.1, 0.15) is 5.82 Å². The fourth-order valence-corrected chi connectivity index (χ4v) is 5.04. The van der Waals surface area contributed by atoms with Gasteiger partial charge in [0.2, 0.25) is 0 Å². The van der Waals surface area contributed by atoms with Crippen LogP contribution in [0.1, 0.15) is 49.0 Å². The van der Waals surface area contributed by atoms with E-state index >= 15 is 0 Å². The molecular weight excluding hydrogens is 362 g/mol. The van der Waals surface area contributed by atoms with E-state index in [-0.39, 0.29) is 6.04 Å². The maximum Gasteiger partial charge on any atom is 0.128 e. The zero-order valence-corrected chi connectivity index (χ0v) is 16.8. The van der Waals surface area contributed by atoms with Gasteiger partial charge in [-0.05, 0) is 49.4 Å². The predicted octanol–water partition coefficient (Wildman–Crippen LogP) is 1.66. The molecule has 3 aliphatic rings. The molecule has 0 bridgehead atoms. The smallest absolute Gasteiger partial charge is 0.128 e. The van der Waals surface area contributed by atoms with Crippen LogP contribution in [0.2, 0.25) is 0 Å². The van der Waals surface area contributed by atoms with Crippen LogP contribution in [-0.2, 0) is 0 Å². The summed E-state index contributed by atoms with van der Waals surface area (Å²) in [6.07, 6.45) is 8.16. The number of nitrogens with zero attached hydrogens (tertiary/aromatic N) is 3. The Morgan fingerprint density at radius 2 is 2.03 bits per heavy atom. The van der Waals surface area contributed by atoms with Gasteiger partial charge in [0.05, 0.1) is 11.7 Å². The third-order valence-corrected chi connectivity index (χ3v) is 6.72. The first kappa shape index (κ1) is 18.9. The van der Waals surface area contributed by atoms with Gasteiger partial charge in [0.25, 0.3) is 0 Å². The molecule has 0 amide bonds. The number of hydrogen-bond acceptors (Lipinski definition) is 7. The fourth-order valence-electron chi connectivity index (χ4n) is 5.04. The lowest BCUT2D eigenvalue weighted by Crippen LogP contribution is -2.46. The van der Waals surface area contributed by atoms with E-state index in [1.54, 1.807) is 0 Å². The van der Waals surface area contributed by atoms with Crippen molar-refractivity contribution in [2.75, 3.05) is 24.5 Å². The van der Waals surface area contributed by atoms with Crippen molar-refractivity contribution in [2.24, 2.45) is 11.7 Å². The molecule has 3 fully saturated rings. The molecule has 5 N–H and O–H groups in total. The Morgan fingerprint density at radius 1 is 1.07 bits per heavy atom. The molecule has 3 aliphatic heterocycles. The number of hydrazine groups is 1. The van der Waals surface area contributed by atoms with Crippen molar-refractivity contribution in [3.05, 3.63) is 54.0 Å². The minimum atomic E-state index is 0.218. The number of anilines is 1. The summed E-state index contributed by atoms with van der Waals surface area (Å²) >= 11 is 0. The van der Waals surface area contributed by atoms with Gasteiger partial charge < -0.3 is 16.0 Å². The normalized spacial score (nSPS) is 32.6. The van der Waals surface area contributed by atoms with Gasteiger partial charge in [-0.15, -0.1) is 0 Å². The molecule has 0 spiro atoms. The monoisotopic (exact) mass is 393 g/mol. The van der Waals surface area contributed by atoms with Crippen LogP contribution in [0.15, 0.2) is 42.7 Å². The number of hydrogen-bond donors (Lipinski definition) is 4. The van der Waals surface area contributed by atoms with Gasteiger partial charge in [-0.2, -0.15) is 0 Å². The van der Waals surface area contributed by atoms with Crippen LogP contribution in [0.4, 0.5) is 5.82 Å². The van der Waals surface area contributed by atoms with Gasteiger partial charge in [-0.3, -0.25) is 10.4 Å². The Hall–Kier alpha value is -2.06. The number of nitrogens with two attached hydrogens (primary N) is 1. The topological polar surface area (TPSA) is 91.1 Å². The quantitative estimate of drug-likeness (QED) is 0.630. The maximum absolute atomic E-state index is 6.16. The lowest BCUT2D eigenvalue weighted by atomic mass is 9.81. The van der Waals surface area contributed by atoms with Gasteiger partial charge in [-0.25, -0.2) is 10.4 Å². The molecule has 0 aliphatic carbocycles. The van der Waals surface area contributed by atoms with Crippen LogP contribution in [0.25, 0.3) is 0 Å². The van der Waals surface area contributed by atoms with Crippen LogP contribution >= 0.6 is 0 Å². The van der Waals surface area contributed by atoms with Crippen molar-refractivity contribution < 1.29 is 0 Å². The first-order valence-electron chi connectivity index (χ1n) is 10.9. The van der Waals surface area contributed by atoms with Crippen molar-refractivity contribution in [3.63, 3.8) is 0 Å². The molecule has 5 atom stereocenters. The summed E-state index contributed by atoms with van der Waals surface area (Å²) in [6, 6.07) is 11.9. The number of piperidine rings is 1. The molecule has 5 rings (SSSR count). The van der Waals surface area contributed by atoms with Crippen LogP contribution in [0.3, 0.4) is 0 Å². The zero-order chi connectivity index (χ0) is 19.6. The molecule has 2 aromatic rings.